The number of nitrogens with zero attached hydrogens (tertiary/aromatic N) is 1. The summed E-state index contributed by atoms with van der Waals surface area (Å²) < 4.78 is 23.4. The fourth-order valence-corrected chi connectivity index (χ4v) is 2.97. The molecule has 2 rings (SSSR count). The van der Waals surface area contributed by atoms with Gasteiger partial charge in [-0.25, -0.2) is 13.4 Å². The molecule has 0 unspecified atom stereocenters. The van der Waals surface area contributed by atoms with E-state index in [2.05, 4.69) is 4.98 Å². The minimum Gasteiger partial charge on any atom is -0.397 e. The van der Waals surface area contributed by atoms with Crippen molar-refractivity contribution in [3.8, 4) is 0 Å². The maximum atomic E-state index is 11.2. The van der Waals surface area contributed by atoms with Crippen molar-refractivity contribution in [1.29, 1.82) is 0 Å². The van der Waals surface area contributed by atoms with Gasteiger partial charge < -0.3 is 5.73 Å². The summed E-state index contributed by atoms with van der Waals surface area (Å²) >= 11 is 1.14. The molecule has 0 amide bonds. The molecule has 1 aromatic heterocycles. The van der Waals surface area contributed by atoms with Gasteiger partial charge in [-0.15, -0.1) is 11.3 Å². The minimum atomic E-state index is -3.23. The first kappa shape index (κ1) is 9.42. The van der Waals surface area contributed by atoms with Crippen molar-refractivity contribution in [2.75, 3.05) is 12.0 Å². The van der Waals surface area contributed by atoms with Crippen LogP contribution in [0.3, 0.4) is 0 Å². The number of nitrogens with two attached hydrogens (primary N) is 1. The maximum Gasteiger partial charge on any atom is 0.210 e. The minimum absolute atomic E-state index is 0.116. The Kier molecular flexibility index (Phi) is 1.97. The van der Waals surface area contributed by atoms with Crippen molar-refractivity contribution in [3.05, 3.63) is 18.2 Å². The number of anilines is 1. The second kappa shape index (κ2) is 2.93. The van der Waals surface area contributed by atoms with E-state index < -0.39 is 9.84 Å². The number of thiazole rings is 1. The Morgan fingerprint density at radius 3 is 2.71 bits per heavy atom. The number of hydrogen-bond donors (Lipinski definition) is 1. The molecule has 0 atom stereocenters. The molecular formula is C8H8N2O2S2. The van der Waals surface area contributed by atoms with Gasteiger partial charge in [-0.1, -0.05) is 6.07 Å². The Morgan fingerprint density at radius 2 is 2.14 bits per heavy atom. The SMILES string of the molecule is CS(=O)(=O)c1nc2c(N)cccc2s1. The summed E-state index contributed by atoms with van der Waals surface area (Å²) in [5.41, 5.74) is 6.74. The van der Waals surface area contributed by atoms with E-state index in [4.69, 9.17) is 5.73 Å². The van der Waals surface area contributed by atoms with Crippen LogP contribution < -0.4 is 5.73 Å². The van der Waals surface area contributed by atoms with Gasteiger partial charge in [0.15, 0.2) is 0 Å². The summed E-state index contributed by atoms with van der Waals surface area (Å²) in [5.74, 6) is 0. The monoisotopic (exact) mass is 228 g/mol. The highest BCUT2D eigenvalue weighted by Gasteiger charge is 2.14. The van der Waals surface area contributed by atoms with Crippen molar-refractivity contribution in [3.63, 3.8) is 0 Å². The van der Waals surface area contributed by atoms with Gasteiger partial charge in [0.2, 0.25) is 14.2 Å². The number of fused-ring (bicyclic) bond motifs is 1. The van der Waals surface area contributed by atoms with Crippen LogP contribution in [0.15, 0.2) is 22.5 Å². The van der Waals surface area contributed by atoms with Gasteiger partial charge in [0.05, 0.1) is 10.4 Å². The van der Waals surface area contributed by atoms with Crippen molar-refractivity contribution >= 4 is 37.1 Å². The van der Waals surface area contributed by atoms with Crippen LogP contribution in [0.5, 0.6) is 0 Å². The molecule has 0 aliphatic heterocycles. The molecule has 0 aliphatic rings. The van der Waals surface area contributed by atoms with Crippen LogP contribution in [-0.4, -0.2) is 19.7 Å². The summed E-state index contributed by atoms with van der Waals surface area (Å²) in [6, 6.07) is 5.29. The zero-order valence-corrected chi connectivity index (χ0v) is 9.02. The average molecular weight is 228 g/mol. The van der Waals surface area contributed by atoms with Crippen LogP contribution in [0.2, 0.25) is 0 Å². The van der Waals surface area contributed by atoms with E-state index >= 15 is 0 Å². The van der Waals surface area contributed by atoms with E-state index in [1.165, 1.54) is 0 Å². The van der Waals surface area contributed by atoms with Crippen LogP contribution in [0.4, 0.5) is 5.69 Å². The van der Waals surface area contributed by atoms with E-state index in [0.717, 1.165) is 22.3 Å². The van der Waals surface area contributed by atoms with Crippen LogP contribution in [0.1, 0.15) is 0 Å². The summed E-state index contributed by atoms with van der Waals surface area (Å²) in [7, 11) is -3.23. The highest BCUT2D eigenvalue weighted by atomic mass is 32.2. The molecule has 0 fully saturated rings. The van der Waals surface area contributed by atoms with E-state index in [0.29, 0.717) is 11.2 Å². The van der Waals surface area contributed by atoms with E-state index in [9.17, 15) is 8.42 Å². The average Bonchev–Trinajstić information content (AvgIpc) is 2.48. The smallest absolute Gasteiger partial charge is 0.210 e. The third kappa shape index (κ3) is 1.46. The fourth-order valence-electron chi connectivity index (χ4n) is 1.11. The molecule has 2 aromatic rings. The Hall–Kier alpha value is -1.14. The molecule has 1 aromatic carbocycles. The molecule has 14 heavy (non-hydrogen) atoms. The Labute approximate surface area is 85.3 Å². The quantitative estimate of drug-likeness (QED) is 0.746. The third-order valence-corrected chi connectivity index (χ3v) is 4.45. The Bertz CT molecular complexity index is 586. The maximum absolute atomic E-state index is 11.2. The van der Waals surface area contributed by atoms with Crippen LogP contribution in [0, 0.1) is 0 Å². The first-order valence-corrected chi connectivity index (χ1v) is 6.54. The number of nitrogen functional groups attached to an aromatic ring is 1. The lowest BCUT2D eigenvalue weighted by atomic mass is 10.3. The molecule has 0 bridgehead atoms. The van der Waals surface area contributed by atoms with E-state index in [-0.39, 0.29) is 4.34 Å². The molecule has 1 heterocycles. The normalized spacial score (nSPS) is 12.1. The number of hydrogen-bond acceptors (Lipinski definition) is 5. The molecule has 2 N–H and O–H groups in total. The highest BCUT2D eigenvalue weighted by Crippen LogP contribution is 2.28. The molecular weight excluding hydrogens is 220 g/mol. The number of aromatic nitrogens is 1. The van der Waals surface area contributed by atoms with Gasteiger partial charge in [-0.2, -0.15) is 0 Å². The van der Waals surface area contributed by atoms with E-state index in [1.54, 1.807) is 18.2 Å². The van der Waals surface area contributed by atoms with Crippen LogP contribution >= 0.6 is 11.3 Å². The van der Waals surface area contributed by atoms with Gasteiger partial charge in [0.1, 0.15) is 5.52 Å². The fraction of sp³-hybridized carbons (Fsp3) is 0.125. The summed E-state index contributed by atoms with van der Waals surface area (Å²) in [5, 5.41) is 0. The molecule has 0 saturated carbocycles. The lowest BCUT2D eigenvalue weighted by molar-refractivity contribution is 0.601. The third-order valence-electron chi connectivity index (χ3n) is 1.75. The van der Waals surface area contributed by atoms with Crippen LogP contribution in [0.25, 0.3) is 10.2 Å². The number of para-hydroxylation sites is 1. The lowest BCUT2D eigenvalue weighted by Crippen LogP contribution is -1.95. The van der Waals surface area contributed by atoms with E-state index in [1.807, 2.05) is 0 Å². The number of rotatable bonds is 1. The number of benzene rings is 1. The first-order valence-electron chi connectivity index (χ1n) is 3.83. The van der Waals surface area contributed by atoms with Crippen molar-refractivity contribution in [2.24, 2.45) is 0 Å². The predicted molar refractivity (Wildman–Crippen MR) is 57.1 cm³/mol. The van der Waals surface area contributed by atoms with Crippen molar-refractivity contribution in [1.82, 2.24) is 4.98 Å². The summed E-state index contributed by atoms with van der Waals surface area (Å²) in [4.78, 5) is 3.99. The molecule has 0 aliphatic carbocycles. The Morgan fingerprint density at radius 1 is 1.43 bits per heavy atom. The van der Waals surface area contributed by atoms with Gasteiger partial charge in [0, 0.05) is 6.26 Å². The molecule has 0 saturated heterocycles. The highest BCUT2D eigenvalue weighted by molar-refractivity contribution is 7.92. The second-order valence-corrected chi connectivity index (χ2v) is 6.17. The van der Waals surface area contributed by atoms with Gasteiger partial charge >= 0.3 is 0 Å². The summed E-state index contributed by atoms with van der Waals surface area (Å²) in [6.07, 6.45) is 1.14. The van der Waals surface area contributed by atoms with Gasteiger partial charge in [-0.3, -0.25) is 0 Å². The Balaban J connectivity index is 2.81. The zero-order valence-electron chi connectivity index (χ0n) is 7.39. The molecule has 0 spiro atoms. The molecule has 4 nitrogen and oxygen atoms in total. The predicted octanol–water partition coefficient (Wildman–Crippen LogP) is 1.28. The summed E-state index contributed by atoms with van der Waals surface area (Å²) in [6.45, 7) is 0. The largest absolute Gasteiger partial charge is 0.397 e. The topological polar surface area (TPSA) is 73.0 Å². The van der Waals surface area contributed by atoms with Gasteiger partial charge in [0.25, 0.3) is 0 Å². The van der Waals surface area contributed by atoms with Crippen LogP contribution in [-0.2, 0) is 9.84 Å². The number of sulfone groups is 1. The van der Waals surface area contributed by atoms with Gasteiger partial charge in [-0.05, 0) is 12.1 Å². The molecule has 6 heteroatoms. The standard InChI is InChI=1S/C8H8N2O2S2/c1-14(11,12)8-10-7-5(9)3-2-4-6(7)13-8/h2-4H,9H2,1H3. The molecule has 74 valence electrons. The second-order valence-electron chi connectivity index (χ2n) is 2.95. The lowest BCUT2D eigenvalue weighted by Gasteiger charge is -1.90. The zero-order chi connectivity index (χ0) is 10.3. The van der Waals surface area contributed by atoms with Crippen molar-refractivity contribution < 1.29 is 8.42 Å². The first-order chi connectivity index (χ1) is 6.48. The van der Waals surface area contributed by atoms with Crippen molar-refractivity contribution in [2.45, 2.75) is 4.34 Å². The molecule has 0 radical (unpaired) electrons.